The van der Waals surface area contributed by atoms with E-state index >= 15 is 0 Å². The smallest absolute Gasteiger partial charge is 0.261 e. The van der Waals surface area contributed by atoms with Crippen LogP contribution >= 0.6 is 0 Å². The first-order valence-electron chi connectivity index (χ1n) is 5.54. The van der Waals surface area contributed by atoms with Gasteiger partial charge in [0, 0.05) is 18.3 Å². The summed E-state index contributed by atoms with van der Waals surface area (Å²) in [7, 11) is 0. The average molecular weight is 259 g/mol. The molecule has 0 spiro atoms. The second-order valence-electron chi connectivity index (χ2n) is 3.91. The number of amides is 2. The highest BCUT2D eigenvalue weighted by Gasteiger charge is 2.11. The van der Waals surface area contributed by atoms with Gasteiger partial charge in [-0.25, -0.2) is 0 Å². The van der Waals surface area contributed by atoms with Gasteiger partial charge in [0.05, 0.1) is 6.20 Å². The summed E-state index contributed by atoms with van der Waals surface area (Å²) in [4.78, 5) is 22.8. The zero-order chi connectivity index (χ0) is 13.8. The van der Waals surface area contributed by atoms with Crippen molar-refractivity contribution >= 4 is 29.0 Å². The Kier molecular flexibility index (Phi) is 3.46. The number of hydrogen-bond donors (Lipinski definition) is 4. The molecule has 0 fully saturated rings. The topological polar surface area (TPSA) is 113 Å². The number of nitrogens with zero attached hydrogens (tertiary/aromatic N) is 1. The van der Waals surface area contributed by atoms with Crippen LogP contribution in [0.2, 0.25) is 0 Å². The Labute approximate surface area is 109 Å². The van der Waals surface area contributed by atoms with Crippen LogP contribution in [0.4, 0.5) is 17.2 Å². The molecule has 19 heavy (non-hydrogen) atoms. The van der Waals surface area contributed by atoms with E-state index in [-0.39, 0.29) is 23.2 Å². The highest BCUT2D eigenvalue weighted by atomic mass is 16.2. The molecule has 0 aliphatic rings. The Morgan fingerprint density at radius 2 is 1.95 bits per heavy atom. The number of carbonyl (C=O) groups excluding carboxylic acids is 2. The molecule has 0 aliphatic carbocycles. The SMILES string of the molecule is CC(=O)Nc1cccc(NC(=O)c2cn[nH]c2N)c1. The number of carbonyl (C=O) groups is 2. The fourth-order valence-corrected chi connectivity index (χ4v) is 1.55. The van der Waals surface area contributed by atoms with E-state index in [1.54, 1.807) is 24.3 Å². The second kappa shape index (κ2) is 5.21. The molecule has 0 unspecified atom stereocenters. The van der Waals surface area contributed by atoms with Gasteiger partial charge in [0.1, 0.15) is 11.4 Å². The fourth-order valence-electron chi connectivity index (χ4n) is 1.55. The van der Waals surface area contributed by atoms with E-state index in [2.05, 4.69) is 20.8 Å². The number of H-pyrrole nitrogens is 1. The standard InChI is InChI=1S/C12H13N5O2/c1-7(18)15-8-3-2-4-9(5-8)16-12(19)10-6-14-17-11(10)13/h2-6H,1H3,(H,15,18)(H,16,19)(H3,13,14,17). The van der Waals surface area contributed by atoms with Gasteiger partial charge in [0.2, 0.25) is 5.91 Å². The van der Waals surface area contributed by atoms with E-state index < -0.39 is 0 Å². The first-order chi connectivity index (χ1) is 9.06. The Balaban J connectivity index is 2.13. The molecule has 0 aliphatic heterocycles. The van der Waals surface area contributed by atoms with E-state index in [4.69, 9.17) is 5.73 Å². The molecule has 2 rings (SSSR count). The Hall–Kier alpha value is -2.83. The van der Waals surface area contributed by atoms with Crippen LogP contribution in [0.1, 0.15) is 17.3 Å². The van der Waals surface area contributed by atoms with Crippen LogP contribution in [0.15, 0.2) is 30.5 Å². The summed E-state index contributed by atoms with van der Waals surface area (Å²) >= 11 is 0. The van der Waals surface area contributed by atoms with Gasteiger partial charge in [-0.05, 0) is 18.2 Å². The van der Waals surface area contributed by atoms with E-state index in [0.29, 0.717) is 11.4 Å². The maximum atomic E-state index is 11.9. The van der Waals surface area contributed by atoms with Crippen LogP contribution in [0.25, 0.3) is 0 Å². The van der Waals surface area contributed by atoms with Crippen molar-refractivity contribution in [2.24, 2.45) is 0 Å². The van der Waals surface area contributed by atoms with Crippen molar-refractivity contribution in [3.8, 4) is 0 Å². The molecule has 7 nitrogen and oxygen atoms in total. The Bertz CT molecular complexity index is 620. The van der Waals surface area contributed by atoms with Gasteiger partial charge in [0.15, 0.2) is 0 Å². The maximum Gasteiger partial charge on any atom is 0.261 e. The van der Waals surface area contributed by atoms with Gasteiger partial charge in [-0.3, -0.25) is 14.7 Å². The van der Waals surface area contributed by atoms with Crippen molar-refractivity contribution in [3.05, 3.63) is 36.0 Å². The molecule has 98 valence electrons. The summed E-state index contributed by atoms with van der Waals surface area (Å²) < 4.78 is 0. The minimum Gasteiger partial charge on any atom is -0.383 e. The van der Waals surface area contributed by atoms with E-state index in [0.717, 1.165) is 0 Å². The van der Waals surface area contributed by atoms with Crippen molar-refractivity contribution in [3.63, 3.8) is 0 Å². The fraction of sp³-hybridized carbons (Fsp3) is 0.0833. The minimum atomic E-state index is -0.369. The number of benzene rings is 1. The predicted molar refractivity (Wildman–Crippen MR) is 71.7 cm³/mol. The van der Waals surface area contributed by atoms with Crippen molar-refractivity contribution in [2.45, 2.75) is 6.92 Å². The van der Waals surface area contributed by atoms with Crippen molar-refractivity contribution in [1.82, 2.24) is 10.2 Å². The monoisotopic (exact) mass is 259 g/mol. The summed E-state index contributed by atoms with van der Waals surface area (Å²) in [5.74, 6) is -0.343. The lowest BCUT2D eigenvalue weighted by atomic mass is 10.2. The quantitative estimate of drug-likeness (QED) is 0.663. The third-order valence-electron chi connectivity index (χ3n) is 2.35. The number of anilines is 3. The zero-order valence-electron chi connectivity index (χ0n) is 10.2. The highest BCUT2D eigenvalue weighted by molar-refractivity contribution is 6.07. The molecule has 0 saturated heterocycles. The van der Waals surface area contributed by atoms with Crippen LogP contribution in [-0.2, 0) is 4.79 Å². The third-order valence-corrected chi connectivity index (χ3v) is 2.35. The Morgan fingerprint density at radius 3 is 2.53 bits per heavy atom. The van der Waals surface area contributed by atoms with Gasteiger partial charge in [0.25, 0.3) is 5.91 Å². The molecule has 0 saturated carbocycles. The van der Waals surface area contributed by atoms with Gasteiger partial charge in [-0.15, -0.1) is 0 Å². The number of nitrogens with one attached hydrogen (secondary N) is 3. The summed E-state index contributed by atoms with van der Waals surface area (Å²) in [6.45, 7) is 1.41. The molecule has 7 heteroatoms. The first-order valence-corrected chi connectivity index (χ1v) is 5.54. The summed E-state index contributed by atoms with van der Waals surface area (Å²) in [6, 6.07) is 6.80. The summed E-state index contributed by atoms with van der Waals surface area (Å²) in [6.07, 6.45) is 1.35. The van der Waals surface area contributed by atoms with Crippen LogP contribution < -0.4 is 16.4 Å². The van der Waals surface area contributed by atoms with E-state index in [1.807, 2.05) is 0 Å². The third kappa shape index (κ3) is 3.09. The molecule has 5 N–H and O–H groups in total. The van der Waals surface area contributed by atoms with Crippen LogP contribution in [0.5, 0.6) is 0 Å². The van der Waals surface area contributed by atoms with Crippen molar-refractivity contribution < 1.29 is 9.59 Å². The lowest BCUT2D eigenvalue weighted by Gasteiger charge is -2.07. The van der Waals surface area contributed by atoms with Crippen LogP contribution in [0.3, 0.4) is 0 Å². The number of rotatable bonds is 3. The van der Waals surface area contributed by atoms with E-state index in [9.17, 15) is 9.59 Å². The zero-order valence-corrected chi connectivity index (χ0v) is 10.2. The van der Waals surface area contributed by atoms with E-state index in [1.165, 1.54) is 13.1 Å². The molecule has 1 heterocycles. The number of nitrogens with two attached hydrogens (primary N) is 1. The number of nitrogen functional groups attached to an aromatic ring is 1. The molecule has 1 aromatic carbocycles. The van der Waals surface area contributed by atoms with Gasteiger partial charge >= 0.3 is 0 Å². The molecular weight excluding hydrogens is 246 g/mol. The molecule has 0 atom stereocenters. The second-order valence-corrected chi connectivity index (χ2v) is 3.91. The predicted octanol–water partition coefficient (Wildman–Crippen LogP) is 1.20. The lowest BCUT2D eigenvalue weighted by molar-refractivity contribution is -0.114. The van der Waals surface area contributed by atoms with Gasteiger partial charge < -0.3 is 16.4 Å². The molecular formula is C12H13N5O2. The average Bonchev–Trinajstić information content (AvgIpc) is 2.75. The number of aromatic nitrogens is 2. The van der Waals surface area contributed by atoms with Crippen LogP contribution in [0, 0.1) is 0 Å². The molecule has 0 bridgehead atoms. The van der Waals surface area contributed by atoms with Crippen molar-refractivity contribution in [1.29, 1.82) is 0 Å². The summed E-state index contributed by atoms with van der Waals surface area (Å²) in [5.41, 5.74) is 6.98. The number of aromatic amines is 1. The van der Waals surface area contributed by atoms with Gasteiger partial charge in [-0.1, -0.05) is 6.07 Å². The highest BCUT2D eigenvalue weighted by Crippen LogP contribution is 2.17. The largest absolute Gasteiger partial charge is 0.383 e. The normalized spacial score (nSPS) is 9.95. The van der Waals surface area contributed by atoms with Crippen LogP contribution in [-0.4, -0.2) is 22.0 Å². The molecule has 1 aromatic heterocycles. The molecule has 2 aromatic rings. The minimum absolute atomic E-state index is 0.178. The van der Waals surface area contributed by atoms with Crippen molar-refractivity contribution in [2.75, 3.05) is 16.4 Å². The molecule has 2 amide bonds. The first kappa shape index (κ1) is 12.6. The van der Waals surface area contributed by atoms with Gasteiger partial charge in [-0.2, -0.15) is 5.10 Å². The Morgan fingerprint density at radius 1 is 1.26 bits per heavy atom. The lowest BCUT2D eigenvalue weighted by Crippen LogP contribution is -2.13. The maximum absolute atomic E-state index is 11.9. The summed E-state index contributed by atoms with van der Waals surface area (Å²) in [5, 5.41) is 11.5. The molecule has 0 radical (unpaired) electrons. The number of hydrogen-bond acceptors (Lipinski definition) is 4.